The first kappa shape index (κ1) is 16.8. The molecule has 0 aromatic heterocycles. The van der Waals surface area contributed by atoms with Gasteiger partial charge in [0.15, 0.2) is 0 Å². The topological polar surface area (TPSA) is 83.6 Å². The third-order valence-corrected chi connectivity index (χ3v) is 6.41. The summed E-state index contributed by atoms with van der Waals surface area (Å²) in [5.74, 6) is 0. The van der Waals surface area contributed by atoms with Crippen LogP contribution in [-0.4, -0.2) is 29.1 Å². The molecule has 0 saturated heterocycles. The van der Waals surface area contributed by atoms with Gasteiger partial charge < -0.3 is 0 Å². The van der Waals surface area contributed by atoms with E-state index in [2.05, 4.69) is 4.72 Å². The summed E-state index contributed by atoms with van der Waals surface area (Å²) in [7, 11) is -7.11. The van der Waals surface area contributed by atoms with Crippen LogP contribution in [0.25, 0.3) is 0 Å². The van der Waals surface area contributed by atoms with Gasteiger partial charge >= 0.3 is 0 Å². The largest absolute Gasteiger partial charge is 0.284 e. The first-order chi connectivity index (χ1) is 11.2. The summed E-state index contributed by atoms with van der Waals surface area (Å²) in [5, 5.41) is 0. The molecule has 24 heavy (non-hydrogen) atoms. The zero-order valence-corrected chi connectivity index (χ0v) is 14.9. The Hall–Kier alpha value is -2.06. The van der Waals surface area contributed by atoms with Gasteiger partial charge in [-0.15, -0.1) is 0 Å². The zero-order chi connectivity index (χ0) is 17.5. The van der Waals surface area contributed by atoms with Gasteiger partial charge in [0.05, 0.1) is 16.8 Å². The van der Waals surface area contributed by atoms with Crippen molar-refractivity contribution in [3.05, 3.63) is 54.1 Å². The lowest BCUT2D eigenvalue weighted by atomic mass is 10.1. The van der Waals surface area contributed by atoms with E-state index in [0.29, 0.717) is 17.8 Å². The Kier molecular flexibility index (Phi) is 4.05. The van der Waals surface area contributed by atoms with Crippen molar-refractivity contribution in [2.45, 2.75) is 24.3 Å². The molecular weight excluding hydrogens is 348 g/mol. The Bertz CT molecular complexity index is 967. The lowest BCUT2D eigenvalue weighted by molar-refractivity contribution is 0.584. The molecule has 2 aromatic rings. The standard InChI is InChI=1S/C16H18N2O4S2/c1-12-11-13-5-3-4-6-16(13)18(12)24(21,22)15-9-7-14(8-10-15)17-23(2,19)20/h3-10,12,17H,11H2,1-2H3. The van der Waals surface area contributed by atoms with Crippen molar-refractivity contribution in [3.63, 3.8) is 0 Å². The predicted molar refractivity (Wildman–Crippen MR) is 94.2 cm³/mol. The number of nitrogens with one attached hydrogen (secondary N) is 1. The Balaban J connectivity index is 1.97. The van der Waals surface area contributed by atoms with Gasteiger partial charge in [0.2, 0.25) is 10.0 Å². The highest BCUT2D eigenvalue weighted by molar-refractivity contribution is 7.93. The van der Waals surface area contributed by atoms with Crippen LogP contribution in [-0.2, 0) is 26.5 Å². The first-order valence-electron chi connectivity index (χ1n) is 7.39. The summed E-state index contributed by atoms with van der Waals surface area (Å²) in [4.78, 5) is 0.130. The van der Waals surface area contributed by atoms with Crippen LogP contribution >= 0.6 is 0 Å². The molecule has 0 fully saturated rings. The second-order valence-corrected chi connectivity index (χ2v) is 9.44. The Morgan fingerprint density at radius 2 is 1.62 bits per heavy atom. The van der Waals surface area contributed by atoms with E-state index in [-0.39, 0.29) is 10.9 Å². The number of nitrogens with zero attached hydrogens (tertiary/aromatic N) is 1. The average molecular weight is 366 g/mol. The monoisotopic (exact) mass is 366 g/mol. The van der Waals surface area contributed by atoms with E-state index in [1.54, 1.807) is 6.07 Å². The van der Waals surface area contributed by atoms with Crippen LogP contribution in [0, 0.1) is 0 Å². The van der Waals surface area contributed by atoms with Crippen LogP contribution in [0.3, 0.4) is 0 Å². The van der Waals surface area contributed by atoms with Crippen molar-refractivity contribution in [2.24, 2.45) is 0 Å². The summed E-state index contributed by atoms with van der Waals surface area (Å²) < 4.78 is 52.2. The Morgan fingerprint density at radius 1 is 1.00 bits per heavy atom. The number of para-hydroxylation sites is 1. The number of hydrogen-bond donors (Lipinski definition) is 1. The molecule has 0 radical (unpaired) electrons. The van der Waals surface area contributed by atoms with Gasteiger partial charge in [0, 0.05) is 11.7 Å². The number of anilines is 2. The summed E-state index contributed by atoms with van der Waals surface area (Å²) in [6.45, 7) is 1.87. The van der Waals surface area contributed by atoms with Crippen molar-refractivity contribution in [2.75, 3.05) is 15.3 Å². The third-order valence-electron chi connectivity index (χ3n) is 3.86. The summed E-state index contributed by atoms with van der Waals surface area (Å²) in [6, 6.07) is 13.0. The van der Waals surface area contributed by atoms with E-state index in [9.17, 15) is 16.8 Å². The molecule has 128 valence electrons. The fourth-order valence-corrected chi connectivity index (χ4v) is 5.18. The SMILES string of the molecule is CC1Cc2ccccc2N1S(=O)(=O)c1ccc(NS(C)(=O)=O)cc1. The van der Waals surface area contributed by atoms with Crippen LogP contribution in [0.5, 0.6) is 0 Å². The van der Waals surface area contributed by atoms with Crippen molar-refractivity contribution in [3.8, 4) is 0 Å². The summed E-state index contributed by atoms with van der Waals surface area (Å²) >= 11 is 0. The molecule has 3 rings (SSSR count). The van der Waals surface area contributed by atoms with Crippen molar-refractivity contribution >= 4 is 31.4 Å². The summed E-state index contributed by atoms with van der Waals surface area (Å²) in [6.07, 6.45) is 1.71. The Morgan fingerprint density at radius 3 is 2.25 bits per heavy atom. The van der Waals surface area contributed by atoms with E-state index in [0.717, 1.165) is 11.8 Å². The molecule has 0 bridgehead atoms. The van der Waals surface area contributed by atoms with E-state index >= 15 is 0 Å². The maximum absolute atomic E-state index is 13.0. The van der Waals surface area contributed by atoms with Crippen LogP contribution in [0.1, 0.15) is 12.5 Å². The second-order valence-electron chi connectivity index (χ2n) is 5.88. The van der Waals surface area contributed by atoms with Gasteiger partial charge in [-0.25, -0.2) is 16.8 Å². The molecule has 1 atom stereocenters. The van der Waals surface area contributed by atoms with E-state index in [4.69, 9.17) is 0 Å². The molecular formula is C16H18N2O4S2. The Labute approximate surface area is 142 Å². The molecule has 1 unspecified atom stereocenters. The van der Waals surface area contributed by atoms with Gasteiger partial charge in [-0.3, -0.25) is 9.03 Å². The highest BCUT2D eigenvalue weighted by Crippen LogP contribution is 2.36. The number of hydrogen-bond acceptors (Lipinski definition) is 4. The minimum Gasteiger partial charge on any atom is -0.284 e. The third kappa shape index (κ3) is 3.11. The van der Waals surface area contributed by atoms with E-state index in [1.807, 2.05) is 25.1 Å². The van der Waals surface area contributed by atoms with Crippen molar-refractivity contribution < 1.29 is 16.8 Å². The highest BCUT2D eigenvalue weighted by Gasteiger charge is 2.35. The number of benzene rings is 2. The van der Waals surface area contributed by atoms with Crippen LogP contribution in [0.2, 0.25) is 0 Å². The normalized spacial score (nSPS) is 17.6. The fourth-order valence-electron chi connectivity index (χ4n) is 2.93. The molecule has 8 heteroatoms. The lowest BCUT2D eigenvalue weighted by Gasteiger charge is -2.24. The minimum atomic E-state index is -3.71. The molecule has 6 nitrogen and oxygen atoms in total. The van der Waals surface area contributed by atoms with Gasteiger partial charge in [0.25, 0.3) is 10.0 Å². The van der Waals surface area contributed by atoms with E-state index in [1.165, 1.54) is 28.6 Å². The van der Waals surface area contributed by atoms with Gasteiger partial charge in [0.1, 0.15) is 0 Å². The van der Waals surface area contributed by atoms with Crippen LogP contribution < -0.4 is 9.03 Å². The molecule has 0 amide bonds. The number of rotatable bonds is 4. The number of fused-ring (bicyclic) bond motifs is 1. The molecule has 0 saturated carbocycles. The first-order valence-corrected chi connectivity index (χ1v) is 10.7. The molecule has 1 aliphatic rings. The minimum absolute atomic E-state index is 0.130. The van der Waals surface area contributed by atoms with Gasteiger partial charge in [-0.1, -0.05) is 18.2 Å². The van der Waals surface area contributed by atoms with Crippen LogP contribution in [0.4, 0.5) is 11.4 Å². The van der Waals surface area contributed by atoms with E-state index < -0.39 is 20.0 Å². The summed E-state index contributed by atoms with van der Waals surface area (Å²) in [5.41, 5.74) is 2.03. The highest BCUT2D eigenvalue weighted by atomic mass is 32.2. The maximum atomic E-state index is 13.0. The zero-order valence-electron chi connectivity index (χ0n) is 13.3. The smallest absolute Gasteiger partial charge is 0.264 e. The van der Waals surface area contributed by atoms with Crippen LogP contribution in [0.15, 0.2) is 53.4 Å². The average Bonchev–Trinajstić information content (AvgIpc) is 2.82. The maximum Gasteiger partial charge on any atom is 0.264 e. The van der Waals surface area contributed by atoms with Crippen molar-refractivity contribution in [1.82, 2.24) is 0 Å². The molecule has 1 aliphatic heterocycles. The molecule has 2 aromatic carbocycles. The fraction of sp³-hybridized carbons (Fsp3) is 0.250. The quantitative estimate of drug-likeness (QED) is 0.899. The van der Waals surface area contributed by atoms with Gasteiger partial charge in [-0.2, -0.15) is 0 Å². The van der Waals surface area contributed by atoms with Gasteiger partial charge in [-0.05, 0) is 49.2 Å². The van der Waals surface area contributed by atoms with Crippen molar-refractivity contribution in [1.29, 1.82) is 0 Å². The molecule has 0 spiro atoms. The molecule has 0 aliphatic carbocycles. The predicted octanol–water partition coefficient (Wildman–Crippen LogP) is 2.20. The molecule has 1 heterocycles. The number of sulfonamides is 2. The second kappa shape index (κ2) is 5.78. The molecule has 1 N–H and O–H groups in total. The lowest BCUT2D eigenvalue weighted by Crippen LogP contribution is -2.35.